The van der Waals surface area contributed by atoms with E-state index in [0.29, 0.717) is 6.04 Å². The van der Waals surface area contributed by atoms with Crippen molar-refractivity contribution < 1.29 is 4.92 Å². The van der Waals surface area contributed by atoms with Gasteiger partial charge in [0, 0.05) is 34.8 Å². The average Bonchev–Trinajstić information content (AvgIpc) is 2.74. The van der Waals surface area contributed by atoms with E-state index in [0.717, 1.165) is 23.7 Å². The summed E-state index contributed by atoms with van der Waals surface area (Å²) in [5, 5.41) is 11.8. The van der Waals surface area contributed by atoms with E-state index >= 15 is 0 Å². The molecule has 0 amide bonds. The maximum absolute atomic E-state index is 10.8. The summed E-state index contributed by atoms with van der Waals surface area (Å²) in [6.45, 7) is 6.45. The Bertz CT molecular complexity index is 587. The third kappa shape index (κ3) is 1.98. The summed E-state index contributed by atoms with van der Waals surface area (Å²) < 4.78 is 2.29. The molecule has 2 aromatic rings. The zero-order valence-electron chi connectivity index (χ0n) is 11.0. The van der Waals surface area contributed by atoms with Crippen LogP contribution in [-0.2, 0) is 6.42 Å². The van der Waals surface area contributed by atoms with Crippen LogP contribution in [0.3, 0.4) is 0 Å². The van der Waals surface area contributed by atoms with Gasteiger partial charge >= 0.3 is 0 Å². The van der Waals surface area contributed by atoms with E-state index in [1.165, 1.54) is 5.69 Å². The van der Waals surface area contributed by atoms with Crippen molar-refractivity contribution in [2.75, 3.05) is 0 Å². The van der Waals surface area contributed by atoms with Gasteiger partial charge in [0.15, 0.2) is 0 Å². The number of non-ortho nitro benzene ring substituents is 1. The Morgan fingerprint density at radius 2 is 2.06 bits per heavy atom. The summed E-state index contributed by atoms with van der Waals surface area (Å²) in [5.74, 6) is 0. The summed E-state index contributed by atoms with van der Waals surface area (Å²) in [7, 11) is 0. The molecule has 0 saturated heterocycles. The summed E-state index contributed by atoms with van der Waals surface area (Å²) >= 11 is 0. The van der Waals surface area contributed by atoms with Crippen LogP contribution in [0.15, 0.2) is 24.3 Å². The number of fused-ring (bicyclic) bond motifs is 1. The molecule has 1 atom stereocenters. The van der Waals surface area contributed by atoms with E-state index in [1.807, 2.05) is 6.07 Å². The minimum atomic E-state index is -0.342. The third-order valence-corrected chi connectivity index (χ3v) is 3.51. The van der Waals surface area contributed by atoms with E-state index in [-0.39, 0.29) is 10.6 Å². The topological polar surface area (TPSA) is 48.1 Å². The quantitative estimate of drug-likeness (QED) is 0.602. The van der Waals surface area contributed by atoms with Crippen LogP contribution in [-0.4, -0.2) is 9.49 Å². The van der Waals surface area contributed by atoms with Gasteiger partial charge < -0.3 is 4.57 Å². The Labute approximate surface area is 106 Å². The largest absolute Gasteiger partial charge is 0.342 e. The molecule has 1 unspecified atom stereocenters. The summed E-state index contributed by atoms with van der Waals surface area (Å²) in [6.07, 6.45) is 1.99. The van der Waals surface area contributed by atoms with Crippen LogP contribution in [0.2, 0.25) is 0 Å². The van der Waals surface area contributed by atoms with Crippen molar-refractivity contribution in [2.45, 2.75) is 39.7 Å². The molecule has 0 N–H and O–H groups in total. The number of aromatic nitrogens is 1. The summed E-state index contributed by atoms with van der Waals surface area (Å²) in [5.41, 5.74) is 2.48. The molecular weight excluding hydrogens is 228 g/mol. The SMILES string of the molecule is CCc1cc2cc([N+](=O)[O-])ccc2n1C(C)CC. The number of rotatable bonds is 4. The smallest absolute Gasteiger partial charge is 0.270 e. The zero-order chi connectivity index (χ0) is 13.3. The van der Waals surface area contributed by atoms with Crippen molar-refractivity contribution in [1.29, 1.82) is 0 Å². The van der Waals surface area contributed by atoms with Crippen LogP contribution in [0.4, 0.5) is 5.69 Å². The van der Waals surface area contributed by atoms with Crippen LogP contribution in [0, 0.1) is 10.1 Å². The highest BCUT2D eigenvalue weighted by atomic mass is 16.6. The van der Waals surface area contributed by atoms with E-state index in [1.54, 1.807) is 12.1 Å². The minimum absolute atomic E-state index is 0.159. The number of benzene rings is 1. The van der Waals surface area contributed by atoms with Crippen LogP contribution in [0.1, 0.15) is 38.9 Å². The van der Waals surface area contributed by atoms with Gasteiger partial charge in [0.25, 0.3) is 5.69 Å². The van der Waals surface area contributed by atoms with E-state index < -0.39 is 0 Å². The molecule has 18 heavy (non-hydrogen) atoms. The molecule has 0 bridgehead atoms. The highest BCUT2D eigenvalue weighted by molar-refractivity contribution is 5.83. The first-order valence-corrected chi connectivity index (χ1v) is 6.36. The zero-order valence-corrected chi connectivity index (χ0v) is 11.0. The molecule has 4 heteroatoms. The van der Waals surface area contributed by atoms with Crippen LogP contribution < -0.4 is 0 Å². The van der Waals surface area contributed by atoms with Crippen molar-refractivity contribution in [1.82, 2.24) is 4.57 Å². The molecule has 0 radical (unpaired) electrons. The lowest BCUT2D eigenvalue weighted by Gasteiger charge is -2.16. The second-order valence-corrected chi connectivity index (χ2v) is 4.62. The fourth-order valence-corrected chi connectivity index (χ4v) is 2.37. The number of aryl methyl sites for hydroxylation is 1. The van der Waals surface area contributed by atoms with Crippen LogP contribution in [0.5, 0.6) is 0 Å². The normalized spacial score (nSPS) is 12.8. The second kappa shape index (κ2) is 4.80. The molecule has 0 fully saturated rings. The van der Waals surface area contributed by atoms with Gasteiger partial charge in [-0.25, -0.2) is 0 Å². The lowest BCUT2D eigenvalue weighted by molar-refractivity contribution is -0.384. The molecule has 1 heterocycles. The standard InChI is InChI=1S/C14H18N2O2/c1-4-10(3)15-12(5-2)8-11-9-13(16(17)18)6-7-14(11)15/h6-10H,4-5H2,1-3H3. The van der Waals surface area contributed by atoms with Crippen molar-refractivity contribution in [3.63, 3.8) is 0 Å². The van der Waals surface area contributed by atoms with Gasteiger partial charge in [-0.1, -0.05) is 13.8 Å². The van der Waals surface area contributed by atoms with Gasteiger partial charge in [-0.2, -0.15) is 0 Å². The maximum atomic E-state index is 10.8. The lowest BCUT2D eigenvalue weighted by atomic mass is 10.2. The third-order valence-electron chi connectivity index (χ3n) is 3.51. The molecule has 96 valence electrons. The fraction of sp³-hybridized carbons (Fsp3) is 0.429. The second-order valence-electron chi connectivity index (χ2n) is 4.62. The van der Waals surface area contributed by atoms with E-state index in [4.69, 9.17) is 0 Å². The van der Waals surface area contributed by atoms with Crippen molar-refractivity contribution in [3.05, 3.63) is 40.1 Å². The summed E-state index contributed by atoms with van der Waals surface area (Å²) in [6, 6.07) is 7.58. The molecule has 4 nitrogen and oxygen atoms in total. The first-order valence-electron chi connectivity index (χ1n) is 6.36. The van der Waals surface area contributed by atoms with Crippen LogP contribution in [0.25, 0.3) is 10.9 Å². The Kier molecular flexibility index (Phi) is 3.36. The minimum Gasteiger partial charge on any atom is -0.342 e. The van der Waals surface area contributed by atoms with Gasteiger partial charge in [0.1, 0.15) is 0 Å². The first kappa shape index (κ1) is 12.6. The van der Waals surface area contributed by atoms with Gasteiger partial charge in [-0.3, -0.25) is 10.1 Å². The lowest BCUT2D eigenvalue weighted by Crippen LogP contribution is -2.06. The van der Waals surface area contributed by atoms with Gasteiger partial charge in [-0.15, -0.1) is 0 Å². The molecule has 2 rings (SSSR count). The van der Waals surface area contributed by atoms with E-state index in [9.17, 15) is 10.1 Å². The molecule has 0 aliphatic heterocycles. The average molecular weight is 246 g/mol. The first-order chi connectivity index (χ1) is 8.58. The fourth-order valence-electron chi connectivity index (χ4n) is 2.37. The predicted octanol–water partition coefficient (Wildman–Crippen LogP) is 4.08. The van der Waals surface area contributed by atoms with Gasteiger partial charge in [0.05, 0.1) is 4.92 Å². The molecule has 1 aromatic carbocycles. The number of nitro groups is 1. The van der Waals surface area contributed by atoms with Crippen molar-refractivity contribution in [3.8, 4) is 0 Å². The molecule has 0 aliphatic rings. The number of nitro benzene ring substituents is 1. The molecule has 0 aliphatic carbocycles. The molecular formula is C14H18N2O2. The Morgan fingerprint density at radius 3 is 2.61 bits per heavy atom. The summed E-state index contributed by atoms with van der Waals surface area (Å²) in [4.78, 5) is 10.5. The Balaban J connectivity index is 2.66. The van der Waals surface area contributed by atoms with Crippen molar-refractivity contribution >= 4 is 16.6 Å². The van der Waals surface area contributed by atoms with Crippen LogP contribution >= 0.6 is 0 Å². The highest BCUT2D eigenvalue weighted by Crippen LogP contribution is 2.28. The van der Waals surface area contributed by atoms with Gasteiger partial charge in [-0.05, 0) is 31.9 Å². The Hall–Kier alpha value is -1.84. The highest BCUT2D eigenvalue weighted by Gasteiger charge is 2.14. The molecule has 1 aromatic heterocycles. The van der Waals surface area contributed by atoms with E-state index in [2.05, 4.69) is 31.4 Å². The molecule has 0 saturated carbocycles. The number of hydrogen-bond donors (Lipinski definition) is 0. The Morgan fingerprint density at radius 1 is 1.33 bits per heavy atom. The maximum Gasteiger partial charge on any atom is 0.270 e. The predicted molar refractivity (Wildman–Crippen MR) is 73.0 cm³/mol. The number of nitrogens with zero attached hydrogens (tertiary/aromatic N) is 2. The number of hydrogen-bond acceptors (Lipinski definition) is 2. The molecule has 0 spiro atoms. The van der Waals surface area contributed by atoms with Crippen molar-refractivity contribution in [2.24, 2.45) is 0 Å². The van der Waals surface area contributed by atoms with Gasteiger partial charge in [0.2, 0.25) is 0 Å². The monoisotopic (exact) mass is 246 g/mol.